The molecule has 2 N–H and O–H groups in total. The van der Waals surface area contributed by atoms with Crippen molar-refractivity contribution in [3.05, 3.63) is 54.3 Å². The number of carbonyl (C=O) groups is 1. The molecule has 0 radical (unpaired) electrons. The maximum absolute atomic E-state index is 12.8. The van der Waals surface area contributed by atoms with Crippen LogP contribution in [0.1, 0.15) is 6.42 Å². The number of hydrogen-bond acceptors (Lipinski definition) is 3. The first-order valence-corrected chi connectivity index (χ1v) is 6.57. The van der Waals surface area contributed by atoms with Crippen LogP contribution >= 0.6 is 0 Å². The van der Waals surface area contributed by atoms with E-state index in [4.69, 9.17) is 10.5 Å². The van der Waals surface area contributed by atoms with Gasteiger partial charge in [0.15, 0.2) is 0 Å². The Hall–Kier alpha value is -2.56. The van der Waals surface area contributed by atoms with Crippen molar-refractivity contribution < 1.29 is 13.9 Å². The lowest BCUT2D eigenvalue weighted by molar-refractivity contribution is -0.118. The quantitative estimate of drug-likeness (QED) is 0.861. The molecule has 0 atom stereocenters. The van der Waals surface area contributed by atoms with Crippen LogP contribution in [0.2, 0.25) is 0 Å². The number of nitrogen functional groups attached to an aromatic ring is 1. The van der Waals surface area contributed by atoms with Gasteiger partial charge in [0, 0.05) is 24.5 Å². The zero-order valence-electron chi connectivity index (χ0n) is 11.8. The summed E-state index contributed by atoms with van der Waals surface area (Å²) in [6, 6.07) is 12.8. The molecule has 1 amide bonds. The Morgan fingerprint density at radius 3 is 2.62 bits per heavy atom. The standard InChI is InChI=1S/C16H17FN2O2/c1-19(14-7-5-12(17)6-8-14)16(20)9-10-21-15-4-2-3-13(18)11-15/h2-8,11H,9-10,18H2,1H3. The fraction of sp³-hybridized carbons (Fsp3) is 0.188. The summed E-state index contributed by atoms with van der Waals surface area (Å²) in [5.74, 6) is 0.197. The number of carbonyl (C=O) groups excluding carboxylic acids is 1. The molecule has 0 aliphatic heterocycles. The van der Waals surface area contributed by atoms with Crippen LogP contribution in [-0.4, -0.2) is 19.6 Å². The van der Waals surface area contributed by atoms with Crippen LogP contribution < -0.4 is 15.4 Å². The molecular weight excluding hydrogens is 271 g/mol. The van der Waals surface area contributed by atoms with E-state index in [1.54, 1.807) is 43.4 Å². The molecule has 0 aliphatic carbocycles. The fourth-order valence-corrected chi connectivity index (χ4v) is 1.84. The lowest BCUT2D eigenvalue weighted by atomic mass is 10.2. The van der Waals surface area contributed by atoms with Crippen molar-refractivity contribution in [2.24, 2.45) is 0 Å². The van der Waals surface area contributed by atoms with Gasteiger partial charge in [-0.05, 0) is 36.4 Å². The number of nitrogens with zero attached hydrogens (tertiary/aromatic N) is 1. The van der Waals surface area contributed by atoms with Gasteiger partial charge >= 0.3 is 0 Å². The van der Waals surface area contributed by atoms with E-state index in [0.29, 0.717) is 17.1 Å². The molecule has 0 spiro atoms. The largest absolute Gasteiger partial charge is 0.493 e. The monoisotopic (exact) mass is 288 g/mol. The molecule has 0 unspecified atom stereocenters. The number of ether oxygens (including phenoxy) is 1. The highest BCUT2D eigenvalue weighted by Gasteiger charge is 2.11. The van der Waals surface area contributed by atoms with Crippen LogP contribution in [-0.2, 0) is 4.79 Å². The third-order valence-electron chi connectivity index (χ3n) is 3.03. The third kappa shape index (κ3) is 4.21. The summed E-state index contributed by atoms with van der Waals surface area (Å²) in [6.07, 6.45) is 0.225. The zero-order valence-corrected chi connectivity index (χ0v) is 11.8. The van der Waals surface area contributed by atoms with Crippen molar-refractivity contribution in [2.45, 2.75) is 6.42 Å². The van der Waals surface area contributed by atoms with Crippen LogP contribution in [0.5, 0.6) is 5.75 Å². The summed E-state index contributed by atoms with van der Waals surface area (Å²) in [5.41, 5.74) is 6.90. The van der Waals surface area contributed by atoms with Crippen LogP contribution in [0.25, 0.3) is 0 Å². The number of hydrogen-bond donors (Lipinski definition) is 1. The molecule has 4 nitrogen and oxygen atoms in total. The van der Waals surface area contributed by atoms with E-state index >= 15 is 0 Å². The Labute approximate surface area is 122 Å². The summed E-state index contributed by atoms with van der Waals surface area (Å²) >= 11 is 0. The van der Waals surface area contributed by atoms with Gasteiger partial charge in [-0.3, -0.25) is 4.79 Å². The van der Waals surface area contributed by atoms with E-state index in [2.05, 4.69) is 0 Å². The molecule has 0 aliphatic rings. The molecular formula is C16H17FN2O2. The van der Waals surface area contributed by atoms with Crippen LogP contribution in [0.4, 0.5) is 15.8 Å². The predicted octanol–water partition coefficient (Wildman–Crippen LogP) is 2.84. The lowest BCUT2D eigenvalue weighted by Crippen LogP contribution is -2.27. The molecule has 21 heavy (non-hydrogen) atoms. The predicted molar refractivity (Wildman–Crippen MR) is 80.8 cm³/mol. The van der Waals surface area contributed by atoms with Gasteiger partial charge in [0.2, 0.25) is 5.91 Å². The molecule has 0 heterocycles. The molecule has 0 saturated carbocycles. The van der Waals surface area contributed by atoms with Gasteiger partial charge in [-0.25, -0.2) is 4.39 Å². The van der Waals surface area contributed by atoms with Gasteiger partial charge < -0.3 is 15.4 Å². The normalized spacial score (nSPS) is 10.2. The summed E-state index contributed by atoms with van der Waals surface area (Å²) in [7, 11) is 1.65. The van der Waals surface area contributed by atoms with Crippen molar-refractivity contribution >= 4 is 17.3 Å². The second-order valence-electron chi connectivity index (χ2n) is 4.60. The van der Waals surface area contributed by atoms with Gasteiger partial charge in [-0.15, -0.1) is 0 Å². The SMILES string of the molecule is CN(C(=O)CCOc1cccc(N)c1)c1ccc(F)cc1. The third-order valence-corrected chi connectivity index (χ3v) is 3.03. The Balaban J connectivity index is 1.85. The Bertz CT molecular complexity index is 614. The second-order valence-corrected chi connectivity index (χ2v) is 4.60. The van der Waals surface area contributed by atoms with Gasteiger partial charge in [0.1, 0.15) is 11.6 Å². The average molecular weight is 288 g/mol. The topological polar surface area (TPSA) is 55.6 Å². The van der Waals surface area contributed by atoms with Crippen molar-refractivity contribution in [1.29, 1.82) is 0 Å². The van der Waals surface area contributed by atoms with Gasteiger partial charge in [0.25, 0.3) is 0 Å². The number of nitrogens with two attached hydrogens (primary N) is 1. The summed E-state index contributed by atoms with van der Waals surface area (Å²) in [4.78, 5) is 13.5. The first-order valence-electron chi connectivity index (χ1n) is 6.57. The Morgan fingerprint density at radius 1 is 1.24 bits per heavy atom. The van der Waals surface area contributed by atoms with Gasteiger partial charge in [-0.2, -0.15) is 0 Å². The molecule has 0 aromatic heterocycles. The smallest absolute Gasteiger partial charge is 0.230 e. The van der Waals surface area contributed by atoms with Crippen LogP contribution in [0.3, 0.4) is 0 Å². The van der Waals surface area contributed by atoms with Crippen molar-refractivity contribution in [1.82, 2.24) is 0 Å². The van der Waals surface area contributed by atoms with E-state index in [0.717, 1.165) is 0 Å². The lowest BCUT2D eigenvalue weighted by Gasteiger charge is -2.17. The number of anilines is 2. The Kier molecular flexibility index (Phi) is 4.77. The highest BCUT2D eigenvalue weighted by atomic mass is 19.1. The van der Waals surface area contributed by atoms with E-state index in [9.17, 15) is 9.18 Å². The maximum atomic E-state index is 12.8. The van der Waals surface area contributed by atoms with Gasteiger partial charge in [0.05, 0.1) is 13.0 Å². The molecule has 0 bridgehead atoms. The van der Waals surface area contributed by atoms with Crippen LogP contribution in [0, 0.1) is 5.82 Å². The first-order chi connectivity index (χ1) is 10.1. The van der Waals surface area contributed by atoms with Crippen LogP contribution in [0.15, 0.2) is 48.5 Å². The molecule has 5 heteroatoms. The second kappa shape index (κ2) is 6.74. The van der Waals surface area contributed by atoms with Crippen molar-refractivity contribution in [3.63, 3.8) is 0 Å². The molecule has 0 fully saturated rings. The number of benzene rings is 2. The van der Waals surface area contributed by atoms with Gasteiger partial charge in [-0.1, -0.05) is 6.07 Å². The minimum Gasteiger partial charge on any atom is -0.493 e. The number of amides is 1. The zero-order chi connectivity index (χ0) is 15.2. The molecule has 2 aromatic carbocycles. The molecule has 2 rings (SSSR count). The summed E-state index contributed by atoms with van der Waals surface area (Å²) < 4.78 is 18.3. The highest BCUT2D eigenvalue weighted by molar-refractivity contribution is 5.92. The van der Waals surface area contributed by atoms with E-state index in [1.165, 1.54) is 17.0 Å². The number of rotatable bonds is 5. The molecule has 2 aromatic rings. The molecule has 110 valence electrons. The minimum absolute atomic E-state index is 0.106. The van der Waals surface area contributed by atoms with E-state index in [-0.39, 0.29) is 24.8 Å². The summed E-state index contributed by atoms with van der Waals surface area (Å²) in [5, 5.41) is 0. The van der Waals surface area contributed by atoms with Crippen molar-refractivity contribution in [3.8, 4) is 5.75 Å². The van der Waals surface area contributed by atoms with Crippen molar-refractivity contribution in [2.75, 3.05) is 24.3 Å². The molecule has 0 saturated heterocycles. The maximum Gasteiger partial charge on any atom is 0.230 e. The Morgan fingerprint density at radius 2 is 1.95 bits per heavy atom. The van der Waals surface area contributed by atoms with E-state index in [1.807, 2.05) is 0 Å². The first kappa shape index (κ1) is 14.8. The number of halogens is 1. The average Bonchev–Trinajstić information content (AvgIpc) is 2.47. The summed E-state index contributed by atoms with van der Waals surface area (Å²) in [6.45, 7) is 0.258. The fourth-order valence-electron chi connectivity index (χ4n) is 1.84. The highest BCUT2D eigenvalue weighted by Crippen LogP contribution is 2.16. The van der Waals surface area contributed by atoms with E-state index < -0.39 is 0 Å². The minimum atomic E-state index is -0.329.